The Balaban J connectivity index is 1.44. The molecule has 3 rings (SSSR count). The molecule has 7 heteroatoms. The number of hydrogen-bond donors (Lipinski definition) is 2. The number of carbonyl (C=O) groups is 1. The Morgan fingerprint density at radius 2 is 1.79 bits per heavy atom. The van der Waals surface area contributed by atoms with Crippen LogP contribution in [0.25, 0.3) is 11.3 Å². The van der Waals surface area contributed by atoms with Gasteiger partial charge in [-0.3, -0.25) is 9.89 Å². The zero-order valence-electron chi connectivity index (χ0n) is 15.6. The molecule has 0 unspecified atom stereocenters. The zero-order chi connectivity index (χ0) is 19.8. The van der Waals surface area contributed by atoms with Crippen molar-refractivity contribution in [3.63, 3.8) is 0 Å². The minimum absolute atomic E-state index is 0.181. The van der Waals surface area contributed by atoms with E-state index in [1.807, 2.05) is 24.3 Å². The van der Waals surface area contributed by atoms with Crippen molar-refractivity contribution in [1.82, 2.24) is 15.5 Å². The number of halogens is 1. The lowest BCUT2D eigenvalue weighted by Gasteiger charge is -2.08. The maximum Gasteiger partial charge on any atom is 0.255 e. The molecule has 0 aliphatic heterocycles. The highest BCUT2D eigenvalue weighted by Gasteiger charge is 2.14. The summed E-state index contributed by atoms with van der Waals surface area (Å²) in [5, 5.41) is 9.77. The number of aromatic nitrogens is 2. The molecule has 1 aromatic heterocycles. The molecule has 0 saturated heterocycles. The molecule has 2 aromatic carbocycles. The highest BCUT2D eigenvalue weighted by atomic mass is 19.1. The fourth-order valence-electron chi connectivity index (χ4n) is 2.68. The van der Waals surface area contributed by atoms with Crippen LogP contribution in [-0.2, 0) is 0 Å². The number of aromatic amines is 1. The summed E-state index contributed by atoms with van der Waals surface area (Å²) in [7, 11) is 1.61. The molecule has 1 heterocycles. The number of rotatable bonds is 9. The van der Waals surface area contributed by atoms with Crippen LogP contribution in [0.3, 0.4) is 0 Å². The molecule has 0 radical (unpaired) electrons. The molecule has 0 spiro atoms. The highest BCUT2D eigenvalue weighted by Crippen LogP contribution is 2.23. The van der Waals surface area contributed by atoms with E-state index in [9.17, 15) is 9.18 Å². The quantitative estimate of drug-likeness (QED) is 0.551. The Morgan fingerprint density at radius 1 is 1.07 bits per heavy atom. The third kappa shape index (κ3) is 5.09. The molecule has 0 saturated carbocycles. The van der Waals surface area contributed by atoms with Gasteiger partial charge in [0.05, 0.1) is 31.2 Å². The molecule has 0 aliphatic rings. The fraction of sp³-hybridized carbons (Fsp3) is 0.238. The van der Waals surface area contributed by atoms with Gasteiger partial charge in [-0.25, -0.2) is 4.39 Å². The van der Waals surface area contributed by atoms with Crippen molar-refractivity contribution in [3.05, 3.63) is 66.1 Å². The van der Waals surface area contributed by atoms with E-state index in [0.29, 0.717) is 30.2 Å². The summed E-state index contributed by atoms with van der Waals surface area (Å²) in [6.07, 6.45) is 3.06. The lowest BCUT2D eigenvalue weighted by atomic mass is 10.1. The standard InChI is InChI=1S/C21H22FN3O3/c1-27-17-8-4-15(5-9-17)20-19(14-24-25-20)21(26)23-12-2-3-13-28-18-10-6-16(22)7-11-18/h4-11,14H,2-3,12-13H2,1H3,(H,23,26)(H,24,25). The monoisotopic (exact) mass is 383 g/mol. The topological polar surface area (TPSA) is 76.2 Å². The maximum absolute atomic E-state index is 12.8. The van der Waals surface area contributed by atoms with Crippen molar-refractivity contribution in [3.8, 4) is 22.8 Å². The Hall–Kier alpha value is -3.35. The van der Waals surface area contributed by atoms with E-state index >= 15 is 0 Å². The molecule has 28 heavy (non-hydrogen) atoms. The van der Waals surface area contributed by atoms with E-state index in [-0.39, 0.29) is 11.7 Å². The molecular formula is C21H22FN3O3. The third-order valence-electron chi connectivity index (χ3n) is 4.20. The number of benzene rings is 2. The Morgan fingerprint density at radius 3 is 2.50 bits per heavy atom. The number of unbranched alkanes of at least 4 members (excludes halogenated alkanes) is 1. The van der Waals surface area contributed by atoms with Crippen molar-refractivity contribution in [2.45, 2.75) is 12.8 Å². The van der Waals surface area contributed by atoms with Gasteiger partial charge in [-0.15, -0.1) is 0 Å². The molecule has 0 fully saturated rings. The predicted molar refractivity (Wildman–Crippen MR) is 104 cm³/mol. The van der Waals surface area contributed by atoms with Crippen LogP contribution in [0.2, 0.25) is 0 Å². The van der Waals surface area contributed by atoms with Crippen LogP contribution in [0.5, 0.6) is 11.5 Å². The van der Waals surface area contributed by atoms with Crippen molar-refractivity contribution in [2.24, 2.45) is 0 Å². The second kappa shape index (κ2) is 9.55. The Bertz CT molecular complexity index is 892. The molecule has 146 valence electrons. The van der Waals surface area contributed by atoms with Crippen molar-refractivity contribution < 1.29 is 18.7 Å². The number of hydrogen-bond acceptors (Lipinski definition) is 4. The number of carbonyl (C=O) groups excluding carboxylic acids is 1. The third-order valence-corrected chi connectivity index (χ3v) is 4.20. The van der Waals surface area contributed by atoms with Gasteiger partial charge in [0, 0.05) is 12.1 Å². The normalized spacial score (nSPS) is 10.5. The first-order valence-corrected chi connectivity index (χ1v) is 9.02. The second-order valence-electron chi connectivity index (χ2n) is 6.15. The lowest BCUT2D eigenvalue weighted by Crippen LogP contribution is -2.24. The van der Waals surface area contributed by atoms with Crippen LogP contribution in [0.15, 0.2) is 54.7 Å². The summed E-state index contributed by atoms with van der Waals surface area (Å²) in [5.41, 5.74) is 2.02. The number of amides is 1. The zero-order valence-corrected chi connectivity index (χ0v) is 15.6. The van der Waals surface area contributed by atoms with Gasteiger partial charge >= 0.3 is 0 Å². The fourth-order valence-corrected chi connectivity index (χ4v) is 2.68. The summed E-state index contributed by atoms with van der Waals surface area (Å²) < 4.78 is 23.5. The summed E-state index contributed by atoms with van der Waals surface area (Å²) >= 11 is 0. The maximum atomic E-state index is 12.8. The van der Waals surface area contributed by atoms with Gasteiger partial charge in [0.15, 0.2) is 0 Å². The summed E-state index contributed by atoms with van der Waals surface area (Å²) in [6.45, 7) is 1.03. The van der Waals surface area contributed by atoms with Crippen LogP contribution in [0, 0.1) is 5.82 Å². The van der Waals surface area contributed by atoms with Crippen LogP contribution >= 0.6 is 0 Å². The van der Waals surface area contributed by atoms with Gasteiger partial charge in [-0.2, -0.15) is 5.10 Å². The summed E-state index contributed by atoms with van der Waals surface area (Å²) in [6, 6.07) is 13.3. The Labute approximate surface area is 162 Å². The Kier molecular flexibility index (Phi) is 6.62. The molecule has 0 atom stereocenters. The van der Waals surface area contributed by atoms with E-state index < -0.39 is 0 Å². The van der Waals surface area contributed by atoms with Gasteiger partial charge in [0.2, 0.25) is 0 Å². The van der Waals surface area contributed by atoms with Gasteiger partial charge in [0.25, 0.3) is 5.91 Å². The first-order chi connectivity index (χ1) is 13.7. The van der Waals surface area contributed by atoms with Crippen molar-refractivity contribution in [1.29, 1.82) is 0 Å². The van der Waals surface area contributed by atoms with Crippen LogP contribution in [-0.4, -0.2) is 36.4 Å². The van der Waals surface area contributed by atoms with E-state index in [1.54, 1.807) is 19.2 Å². The lowest BCUT2D eigenvalue weighted by molar-refractivity contribution is 0.0953. The summed E-state index contributed by atoms with van der Waals surface area (Å²) in [5.74, 6) is 0.910. The molecule has 0 bridgehead atoms. The molecule has 3 aromatic rings. The van der Waals surface area contributed by atoms with Gasteiger partial charge < -0.3 is 14.8 Å². The predicted octanol–water partition coefficient (Wildman–Crippen LogP) is 3.81. The molecular weight excluding hydrogens is 361 g/mol. The van der Waals surface area contributed by atoms with Crippen LogP contribution in [0.4, 0.5) is 4.39 Å². The smallest absolute Gasteiger partial charge is 0.255 e. The first-order valence-electron chi connectivity index (χ1n) is 9.02. The van der Waals surface area contributed by atoms with Gasteiger partial charge in [-0.05, 0) is 61.4 Å². The minimum atomic E-state index is -0.289. The van der Waals surface area contributed by atoms with E-state index in [2.05, 4.69) is 15.5 Å². The number of methoxy groups -OCH3 is 1. The molecule has 6 nitrogen and oxygen atoms in total. The van der Waals surface area contributed by atoms with E-state index in [1.165, 1.54) is 18.3 Å². The van der Waals surface area contributed by atoms with Gasteiger partial charge in [-0.1, -0.05) is 0 Å². The number of nitrogens with zero attached hydrogens (tertiary/aromatic N) is 1. The average Bonchev–Trinajstić information content (AvgIpc) is 3.22. The highest BCUT2D eigenvalue weighted by molar-refractivity contribution is 5.99. The van der Waals surface area contributed by atoms with Crippen molar-refractivity contribution in [2.75, 3.05) is 20.3 Å². The number of ether oxygens (including phenoxy) is 2. The minimum Gasteiger partial charge on any atom is -0.497 e. The molecule has 2 N–H and O–H groups in total. The van der Waals surface area contributed by atoms with E-state index in [0.717, 1.165) is 24.2 Å². The van der Waals surface area contributed by atoms with Crippen LogP contribution in [0.1, 0.15) is 23.2 Å². The summed E-state index contributed by atoms with van der Waals surface area (Å²) in [4.78, 5) is 12.4. The SMILES string of the molecule is COc1ccc(-c2[nH]ncc2C(=O)NCCCCOc2ccc(F)cc2)cc1. The molecule has 0 aliphatic carbocycles. The van der Waals surface area contributed by atoms with Crippen molar-refractivity contribution >= 4 is 5.91 Å². The first kappa shape index (κ1) is 19.4. The second-order valence-corrected chi connectivity index (χ2v) is 6.15. The van der Waals surface area contributed by atoms with E-state index in [4.69, 9.17) is 9.47 Å². The number of H-pyrrole nitrogens is 1. The number of nitrogens with one attached hydrogen (secondary N) is 2. The van der Waals surface area contributed by atoms with Gasteiger partial charge in [0.1, 0.15) is 17.3 Å². The molecule has 1 amide bonds. The average molecular weight is 383 g/mol. The van der Waals surface area contributed by atoms with Crippen LogP contribution < -0.4 is 14.8 Å². The largest absolute Gasteiger partial charge is 0.497 e.